The molecule has 1 aliphatic rings. The van der Waals surface area contributed by atoms with Crippen LogP contribution >= 0.6 is 11.6 Å². The molecule has 1 aromatic rings. The quantitative estimate of drug-likeness (QED) is 0.748. The molecule has 0 aliphatic heterocycles. The van der Waals surface area contributed by atoms with Crippen molar-refractivity contribution in [1.82, 2.24) is 0 Å². The Morgan fingerprint density at radius 3 is 2.47 bits per heavy atom. The van der Waals surface area contributed by atoms with Crippen molar-refractivity contribution in [1.29, 1.82) is 0 Å². The third-order valence-electron chi connectivity index (χ3n) is 4.09. The summed E-state index contributed by atoms with van der Waals surface area (Å²) >= 11 is 6.29. The molecule has 0 amide bonds. The van der Waals surface area contributed by atoms with Gasteiger partial charge in [-0.15, -0.1) is 0 Å². The van der Waals surface area contributed by atoms with Gasteiger partial charge in [0.2, 0.25) is 0 Å². The molecule has 0 atom stereocenters. The van der Waals surface area contributed by atoms with Gasteiger partial charge in [0.05, 0.1) is 12.7 Å². The first kappa shape index (κ1) is 14.4. The topological polar surface area (TPSA) is 26.3 Å². The number of ether oxygens (including phenoxy) is 1. The Kier molecular flexibility index (Phi) is 4.51. The highest BCUT2D eigenvalue weighted by molar-refractivity contribution is 6.32. The maximum atomic E-state index is 12.7. The standard InChI is InChI=1S/C16H21ClO2/c1-10-9-13(19-3)14(11(2)15(10)17)16(18)12-7-5-4-6-8-12/h9,12H,4-8H2,1-3H3. The third-order valence-corrected chi connectivity index (χ3v) is 4.67. The zero-order valence-corrected chi connectivity index (χ0v) is 12.6. The molecular weight excluding hydrogens is 260 g/mol. The van der Waals surface area contributed by atoms with Crippen LogP contribution in [0.15, 0.2) is 6.07 Å². The molecule has 0 bridgehead atoms. The van der Waals surface area contributed by atoms with E-state index in [9.17, 15) is 4.79 Å². The number of benzene rings is 1. The van der Waals surface area contributed by atoms with Gasteiger partial charge < -0.3 is 4.74 Å². The molecule has 0 aromatic heterocycles. The fraction of sp³-hybridized carbons (Fsp3) is 0.562. The van der Waals surface area contributed by atoms with Crippen molar-refractivity contribution in [2.24, 2.45) is 5.92 Å². The first-order chi connectivity index (χ1) is 9.06. The van der Waals surface area contributed by atoms with E-state index in [1.165, 1.54) is 6.42 Å². The van der Waals surface area contributed by atoms with Gasteiger partial charge in [0.1, 0.15) is 5.75 Å². The summed E-state index contributed by atoms with van der Waals surface area (Å²) in [6.07, 6.45) is 5.53. The molecule has 0 spiro atoms. The van der Waals surface area contributed by atoms with Crippen LogP contribution < -0.4 is 4.74 Å². The van der Waals surface area contributed by atoms with Gasteiger partial charge in [-0.25, -0.2) is 0 Å². The summed E-state index contributed by atoms with van der Waals surface area (Å²) in [5, 5.41) is 0.681. The third kappa shape index (κ3) is 2.79. The average molecular weight is 281 g/mol. The normalized spacial score (nSPS) is 16.4. The molecular formula is C16H21ClO2. The lowest BCUT2D eigenvalue weighted by Gasteiger charge is -2.23. The van der Waals surface area contributed by atoms with E-state index in [-0.39, 0.29) is 11.7 Å². The molecule has 0 heterocycles. The number of Topliss-reactive ketones (excluding diaryl/α,β-unsaturated/α-hetero) is 1. The zero-order valence-electron chi connectivity index (χ0n) is 11.9. The van der Waals surface area contributed by atoms with Crippen LogP contribution in [0.5, 0.6) is 5.75 Å². The highest BCUT2D eigenvalue weighted by Gasteiger charge is 2.27. The summed E-state index contributed by atoms with van der Waals surface area (Å²) in [5.41, 5.74) is 2.50. The highest BCUT2D eigenvalue weighted by Crippen LogP contribution is 2.36. The lowest BCUT2D eigenvalue weighted by molar-refractivity contribution is 0.0885. The summed E-state index contributed by atoms with van der Waals surface area (Å²) < 4.78 is 5.39. The Bertz CT molecular complexity index is 488. The fourth-order valence-corrected chi connectivity index (χ4v) is 3.11. The zero-order chi connectivity index (χ0) is 14.0. The van der Waals surface area contributed by atoms with E-state index < -0.39 is 0 Å². The largest absolute Gasteiger partial charge is 0.496 e. The number of hydrogen-bond donors (Lipinski definition) is 0. The van der Waals surface area contributed by atoms with E-state index >= 15 is 0 Å². The highest BCUT2D eigenvalue weighted by atomic mass is 35.5. The van der Waals surface area contributed by atoms with Crippen molar-refractivity contribution in [3.63, 3.8) is 0 Å². The Labute approximate surface area is 120 Å². The molecule has 0 saturated heterocycles. The van der Waals surface area contributed by atoms with Crippen molar-refractivity contribution >= 4 is 17.4 Å². The van der Waals surface area contributed by atoms with Crippen LogP contribution in [-0.4, -0.2) is 12.9 Å². The van der Waals surface area contributed by atoms with Crippen molar-refractivity contribution in [2.45, 2.75) is 46.0 Å². The molecule has 1 saturated carbocycles. The summed E-state index contributed by atoms with van der Waals surface area (Å²) in [6.45, 7) is 3.85. The van der Waals surface area contributed by atoms with Crippen LogP contribution in [0.1, 0.15) is 53.6 Å². The second-order valence-electron chi connectivity index (χ2n) is 5.41. The van der Waals surface area contributed by atoms with Gasteiger partial charge in [0.15, 0.2) is 5.78 Å². The smallest absolute Gasteiger partial charge is 0.169 e. The number of carbonyl (C=O) groups excluding carboxylic acids is 1. The second-order valence-corrected chi connectivity index (χ2v) is 5.79. The molecule has 3 heteroatoms. The van der Waals surface area contributed by atoms with Gasteiger partial charge in [0, 0.05) is 10.9 Å². The predicted octanol–water partition coefficient (Wildman–Crippen LogP) is 4.73. The number of rotatable bonds is 3. The number of aryl methyl sites for hydroxylation is 1. The number of halogens is 1. The monoisotopic (exact) mass is 280 g/mol. The van der Waals surface area contributed by atoms with Crippen LogP contribution in [0.2, 0.25) is 5.02 Å². The van der Waals surface area contributed by atoms with Crippen molar-refractivity contribution in [2.75, 3.05) is 7.11 Å². The van der Waals surface area contributed by atoms with Gasteiger partial charge in [-0.1, -0.05) is 30.9 Å². The maximum Gasteiger partial charge on any atom is 0.169 e. The minimum absolute atomic E-state index is 0.139. The Balaban J connectivity index is 2.42. The van der Waals surface area contributed by atoms with Crippen LogP contribution in [0.25, 0.3) is 0 Å². The van der Waals surface area contributed by atoms with Crippen molar-refractivity contribution < 1.29 is 9.53 Å². The van der Waals surface area contributed by atoms with Gasteiger partial charge in [-0.05, 0) is 43.9 Å². The Morgan fingerprint density at radius 1 is 1.26 bits per heavy atom. The molecule has 2 nitrogen and oxygen atoms in total. The summed E-state index contributed by atoms with van der Waals surface area (Å²) in [6, 6.07) is 1.87. The molecule has 1 aliphatic carbocycles. The molecule has 0 unspecified atom stereocenters. The molecule has 2 rings (SSSR count). The molecule has 1 fully saturated rings. The lowest BCUT2D eigenvalue weighted by atomic mass is 9.82. The minimum Gasteiger partial charge on any atom is -0.496 e. The molecule has 104 valence electrons. The Hall–Kier alpha value is -1.02. The summed E-state index contributed by atoms with van der Waals surface area (Å²) in [7, 11) is 1.61. The molecule has 0 radical (unpaired) electrons. The van der Waals surface area contributed by atoms with Crippen LogP contribution in [0, 0.1) is 19.8 Å². The first-order valence-corrected chi connectivity index (χ1v) is 7.32. The number of carbonyl (C=O) groups is 1. The molecule has 1 aromatic carbocycles. The lowest BCUT2D eigenvalue weighted by Crippen LogP contribution is -2.19. The van der Waals surface area contributed by atoms with Crippen molar-refractivity contribution in [3.05, 3.63) is 27.8 Å². The van der Waals surface area contributed by atoms with Gasteiger partial charge >= 0.3 is 0 Å². The van der Waals surface area contributed by atoms with Crippen LogP contribution in [-0.2, 0) is 0 Å². The minimum atomic E-state index is 0.139. The number of ketones is 1. The van der Waals surface area contributed by atoms with Crippen molar-refractivity contribution in [3.8, 4) is 5.75 Å². The van der Waals surface area contributed by atoms with Gasteiger partial charge in [-0.3, -0.25) is 4.79 Å². The van der Waals surface area contributed by atoms with E-state index in [4.69, 9.17) is 16.3 Å². The van der Waals surface area contributed by atoms with Crippen LogP contribution in [0.4, 0.5) is 0 Å². The molecule has 0 N–H and O–H groups in total. The second kappa shape index (κ2) is 5.96. The summed E-state index contributed by atoms with van der Waals surface area (Å²) in [5.74, 6) is 1.01. The predicted molar refractivity (Wildman–Crippen MR) is 78.4 cm³/mol. The van der Waals surface area contributed by atoms with Gasteiger partial charge in [0.25, 0.3) is 0 Å². The van der Waals surface area contributed by atoms with E-state index in [2.05, 4.69) is 0 Å². The van der Waals surface area contributed by atoms with Gasteiger partial charge in [-0.2, -0.15) is 0 Å². The first-order valence-electron chi connectivity index (χ1n) is 6.94. The molecule has 19 heavy (non-hydrogen) atoms. The van der Waals surface area contributed by atoms with E-state index in [1.807, 2.05) is 19.9 Å². The van der Waals surface area contributed by atoms with Crippen LogP contribution in [0.3, 0.4) is 0 Å². The average Bonchev–Trinajstić information content (AvgIpc) is 2.44. The van der Waals surface area contributed by atoms with E-state index in [0.717, 1.165) is 36.8 Å². The fourth-order valence-electron chi connectivity index (χ4n) is 2.96. The SMILES string of the molecule is COc1cc(C)c(Cl)c(C)c1C(=O)C1CCCCC1. The van der Waals surface area contributed by atoms with E-state index in [0.29, 0.717) is 16.3 Å². The maximum absolute atomic E-state index is 12.7. The number of methoxy groups -OCH3 is 1. The Morgan fingerprint density at radius 2 is 1.89 bits per heavy atom. The van der Waals surface area contributed by atoms with E-state index in [1.54, 1.807) is 7.11 Å². The summed E-state index contributed by atoms with van der Waals surface area (Å²) in [4.78, 5) is 12.7. The number of hydrogen-bond acceptors (Lipinski definition) is 2.